The predicted molar refractivity (Wildman–Crippen MR) is 106 cm³/mol. The molecule has 1 aromatic rings. The molecule has 3 heterocycles. The number of anilines is 1. The molecule has 1 atom stereocenters. The number of hydrogen-bond acceptors (Lipinski definition) is 7. The average molecular weight is 369 g/mol. The number of benzene rings is 1. The van der Waals surface area contributed by atoms with Crippen molar-refractivity contribution in [3.8, 4) is 0 Å². The molecule has 5 N–H and O–H groups in total. The van der Waals surface area contributed by atoms with Gasteiger partial charge in [0.2, 0.25) is 0 Å². The third-order valence-corrected chi connectivity index (χ3v) is 6.04. The van der Waals surface area contributed by atoms with Gasteiger partial charge in [-0.25, -0.2) is 4.99 Å². The van der Waals surface area contributed by atoms with Crippen molar-refractivity contribution in [1.82, 2.24) is 10.2 Å². The number of ether oxygens (including phenoxy) is 1. The molecule has 7 nitrogen and oxygen atoms in total. The molecule has 0 saturated carbocycles. The Balaban J connectivity index is 1.48. The van der Waals surface area contributed by atoms with Crippen LogP contribution in [0.2, 0.25) is 0 Å². The van der Waals surface area contributed by atoms with Crippen molar-refractivity contribution in [2.75, 3.05) is 38.6 Å². The van der Waals surface area contributed by atoms with Crippen LogP contribution in [0.3, 0.4) is 0 Å². The van der Waals surface area contributed by atoms with E-state index >= 15 is 0 Å². The molecule has 1 unspecified atom stereocenters. The van der Waals surface area contributed by atoms with Gasteiger partial charge in [-0.1, -0.05) is 12.1 Å². The average Bonchev–Trinajstić information content (AvgIpc) is 3.16. The topological polar surface area (TPSA) is 107 Å². The molecular formula is C20H27N5O2. The molecule has 2 fully saturated rings. The molecular weight excluding hydrogens is 342 g/mol. The minimum absolute atomic E-state index is 0.0814. The minimum Gasteiger partial charge on any atom is -0.398 e. The van der Waals surface area contributed by atoms with Crippen molar-refractivity contribution in [2.24, 2.45) is 10.4 Å². The summed E-state index contributed by atoms with van der Waals surface area (Å²) in [6.45, 7) is 3.55. The Bertz CT molecular complexity index is 773. The lowest BCUT2D eigenvalue weighted by atomic mass is 9.78. The summed E-state index contributed by atoms with van der Waals surface area (Å²) >= 11 is 0. The van der Waals surface area contributed by atoms with E-state index in [1.165, 1.54) is 6.21 Å². The molecule has 0 amide bonds. The van der Waals surface area contributed by atoms with E-state index in [0.717, 1.165) is 62.6 Å². The summed E-state index contributed by atoms with van der Waals surface area (Å²) in [6, 6.07) is 5.48. The van der Waals surface area contributed by atoms with Gasteiger partial charge in [-0.15, -0.1) is 0 Å². The molecule has 4 rings (SSSR count). The lowest BCUT2D eigenvalue weighted by Gasteiger charge is -2.40. The fourth-order valence-corrected chi connectivity index (χ4v) is 4.23. The van der Waals surface area contributed by atoms with Gasteiger partial charge in [0.15, 0.2) is 0 Å². The number of hydrogen-bond donors (Lipinski definition) is 4. The standard InChI is InChI=1S/C20H27N5O2/c21-10-15-2-1-14(9-16(15)22)17-11-23-19(18(12-26)24-17)25-6-3-20(4-7-25)5-8-27-13-20/h1-2,9-11,17,21,24,26H,3-8,12-13,22H2. The number of nitrogens with two attached hydrogens (primary N) is 1. The first-order valence-corrected chi connectivity index (χ1v) is 9.51. The number of nitrogen functional groups attached to an aromatic ring is 1. The summed E-state index contributed by atoms with van der Waals surface area (Å²) in [6.07, 6.45) is 6.49. The van der Waals surface area contributed by atoms with Crippen LogP contribution in [-0.2, 0) is 4.74 Å². The van der Waals surface area contributed by atoms with Crippen molar-refractivity contribution < 1.29 is 9.84 Å². The van der Waals surface area contributed by atoms with Crippen molar-refractivity contribution >= 4 is 18.1 Å². The van der Waals surface area contributed by atoms with Crippen molar-refractivity contribution in [2.45, 2.75) is 25.3 Å². The summed E-state index contributed by atoms with van der Waals surface area (Å²) in [4.78, 5) is 6.96. The molecule has 1 aromatic carbocycles. The van der Waals surface area contributed by atoms with Crippen LogP contribution in [-0.4, -0.2) is 55.3 Å². The maximum atomic E-state index is 9.90. The highest BCUT2D eigenvalue weighted by Gasteiger charge is 2.39. The Morgan fingerprint density at radius 1 is 1.37 bits per heavy atom. The first-order chi connectivity index (χ1) is 13.1. The van der Waals surface area contributed by atoms with E-state index in [-0.39, 0.29) is 12.6 Å². The zero-order valence-corrected chi connectivity index (χ0v) is 15.4. The molecule has 0 aromatic heterocycles. The number of nitrogens with zero attached hydrogens (tertiary/aromatic N) is 2. The van der Waals surface area contributed by atoms with Crippen LogP contribution in [0.4, 0.5) is 5.69 Å². The van der Waals surface area contributed by atoms with Crippen LogP contribution >= 0.6 is 0 Å². The third kappa shape index (κ3) is 3.44. The summed E-state index contributed by atoms with van der Waals surface area (Å²) in [5.41, 5.74) is 9.33. The van der Waals surface area contributed by atoms with E-state index < -0.39 is 0 Å². The Morgan fingerprint density at radius 2 is 2.19 bits per heavy atom. The van der Waals surface area contributed by atoms with Gasteiger partial charge >= 0.3 is 0 Å². The molecule has 0 aliphatic carbocycles. The van der Waals surface area contributed by atoms with E-state index in [1.54, 1.807) is 0 Å². The molecule has 3 aliphatic heterocycles. The number of nitrogens with one attached hydrogen (secondary N) is 2. The fraction of sp³-hybridized carbons (Fsp3) is 0.500. The van der Waals surface area contributed by atoms with Crippen LogP contribution < -0.4 is 11.1 Å². The van der Waals surface area contributed by atoms with Gasteiger partial charge in [0.05, 0.1) is 25.0 Å². The van der Waals surface area contributed by atoms with Crippen LogP contribution in [0.1, 0.15) is 36.4 Å². The fourth-order valence-electron chi connectivity index (χ4n) is 4.23. The van der Waals surface area contributed by atoms with Gasteiger partial charge in [0.25, 0.3) is 0 Å². The lowest BCUT2D eigenvalue weighted by molar-refractivity contribution is 0.0928. The Hall–Kier alpha value is -2.38. The number of piperidine rings is 1. The van der Waals surface area contributed by atoms with Crippen LogP contribution in [0.25, 0.3) is 0 Å². The zero-order valence-electron chi connectivity index (χ0n) is 15.4. The first-order valence-electron chi connectivity index (χ1n) is 9.51. The zero-order chi connectivity index (χ0) is 18.9. The van der Waals surface area contributed by atoms with Crippen LogP contribution in [0, 0.1) is 10.8 Å². The Kier molecular flexibility index (Phi) is 4.88. The number of aliphatic hydroxyl groups excluding tert-OH is 1. The second-order valence-electron chi connectivity index (χ2n) is 7.68. The second kappa shape index (κ2) is 7.32. The number of aliphatic hydroxyl groups is 1. The normalized spacial score (nSPS) is 24.3. The SMILES string of the molecule is N=Cc1ccc(C2C=NC(N3CCC4(CCOC4)CC3)=C(CO)N2)cc1N. The van der Waals surface area contributed by atoms with Crippen molar-refractivity contribution in [3.63, 3.8) is 0 Å². The number of rotatable bonds is 4. The van der Waals surface area contributed by atoms with E-state index in [4.69, 9.17) is 20.9 Å². The summed E-state index contributed by atoms with van der Waals surface area (Å²) in [5, 5.41) is 20.7. The first kappa shape index (κ1) is 18.0. The molecule has 3 aliphatic rings. The minimum atomic E-state index is -0.141. The predicted octanol–water partition coefficient (Wildman–Crippen LogP) is 1.65. The van der Waals surface area contributed by atoms with E-state index in [0.29, 0.717) is 16.7 Å². The molecule has 27 heavy (non-hydrogen) atoms. The summed E-state index contributed by atoms with van der Waals surface area (Å²) in [7, 11) is 0. The van der Waals surface area contributed by atoms with Gasteiger partial charge in [0, 0.05) is 43.4 Å². The third-order valence-electron chi connectivity index (χ3n) is 6.04. The molecule has 1 spiro atoms. The summed E-state index contributed by atoms with van der Waals surface area (Å²) < 4.78 is 5.61. The van der Waals surface area contributed by atoms with Gasteiger partial charge in [-0.05, 0) is 36.3 Å². The smallest absolute Gasteiger partial charge is 0.149 e. The molecule has 144 valence electrons. The van der Waals surface area contributed by atoms with Crippen LogP contribution in [0.15, 0.2) is 34.7 Å². The lowest BCUT2D eigenvalue weighted by Crippen LogP contribution is -2.42. The van der Waals surface area contributed by atoms with Gasteiger partial charge in [-0.2, -0.15) is 0 Å². The molecule has 2 saturated heterocycles. The van der Waals surface area contributed by atoms with Gasteiger partial charge < -0.3 is 31.2 Å². The van der Waals surface area contributed by atoms with Crippen molar-refractivity contribution in [3.05, 3.63) is 40.8 Å². The monoisotopic (exact) mass is 369 g/mol. The van der Waals surface area contributed by atoms with Gasteiger partial charge in [0.1, 0.15) is 5.82 Å². The quantitative estimate of drug-likeness (QED) is 0.477. The highest BCUT2D eigenvalue weighted by molar-refractivity contribution is 5.85. The van der Waals surface area contributed by atoms with Crippen molar-refractivity contribution in [1.29, 1.82) is 5.41 Å². The number of likely N-dealkylation sites (tertiary alicyclic amines) is 1. The van der Waals surface area contributed by atoms with Crippen LogP contribution in [0.5, 0.6) is 0 Å². The second-order valence-corrected chi connectivity index (χ2v) is 7.68. The Labute approximate surface area is 159 Å². The highest BCUT2D eigenvalue weighted by atomic mass is 16.5. The summed E-state index contributed by atoms with van der Waals surface area (Å²) in [5.74, 6) is 0.839. The maximum absolute atomic E-state index is 9.90. The van der Waals surface area contributed by atoms with E-state index in [9.17, 15) is 5.11 Å². The van der Waals surface area contributed by atoms with E-state index in [1.807, 2.05) is 24.4 Å². The molecule has 0 bridgehead atoms. The molecule has 7 heteroatoms. The van der Waals surface area contributed by atoms with E-state index in [2.05, 4.69) is 10.2 Å². The number of aliphatic imine (C=N–C) groups is 1. The maximum Gasteiger partial charge on any atom is 0.149 e. The van der Waals surface area contributed by atoms with Gasteiger partial charge in [-0.3, -0.25) is 0 Å². The Morgan fingerprint density at radius 3 is 2.81 bits per heavy atom. The molecule has 0 radical (unpaired) electrons. The highest BCUT2D eigenvalue weighted by Crippen LogP contribution is 2.40. The largest absolute Gasteiger partial charge is 0.398 e.